The highest BCUT2D eigenvalue weighted by Gasteiger charge is 2.46. The van der Waals surface area contributed by atoms with Gasteiger partial charge in [-0.05, 0) is 164 Å². The second-order valence-electron chi connectivity index (χ2n) is 32.8. The third-order valence-electron chi connectivity index (χ3n) is 19.8. The van der Waals surface area contributed by atoms with E-state index in [4.69, 9.17) is 8.53 Å². The van der Waals surface area contributed by atoms with Crippen molar-refractivity contribution in [3.63, 3.8) is 0 Å². The summed E-state index contributed by atoms with van der Waals surface area (Å²) in [6.07, 6.45) is 0. The molecule has 0 radical (unpaired) electrons. The lowest BCUT2D eigenvalue weighted by Gasteiger charge is -2.45. The van der Waals surface area contributed by atoms with Crippen LogP contribution in [0, 0.1) is 0 Å². The summed E-state index contributed by atoms with van der Waals surface area (Å²) < 4.78 is 53.7. The van der Waals surface area contributed by atoms with Crippen molar-refractivity contribution in [2.24, 2.45) is 0 Å². The van der Waals surface area contributed by atoms with Gasteiger partial charge in [-0.15, -0.1) is 0 Å². The molecule has 2 aliphatic rings. The van der Waals surface area contributed by atoms with Gasteiger partial charge in [0.25, 0.3) is 6.71 Å². The van der Waals surface area contributed by atoms with Crippen LogP contribution in [0.4, 0.5) is 34.1 Å². The Bertz CT molecular complexity index is 5120. The van der Waals surface area contributed by atoms with Crippen molar-refractivity contribution in [2.45, 2.75) is 157 Å². The smallest absolute Gasteiger partial charge is 0.252 e. The number of rotatable bonds is 7. The lowest BCUT2D eigenvalue weighted by atomic mass is 9.33. The Morgan fingerprint density at radius 1 is 0.309 bits per heavy atom. The summed E-state index contributed by atoms with van der Waals surface area (Å²) in [5.41, 5.74) is 25.8. The number of benzene rings is 11. The molecule has 2 aliphatic heterocycles. The summed E-state index contributed by atoms with van der Waals surface area (Å²) in [7, 11) is 0. The van der Waals surface area contributed by atoms with Gasteiger partial charge in [0, 0.05) is 50.2 Å². The molecule has 3 heterocycles. The first-order valence-electron chi connectivity index (χ1n) is 36.2. The molecule has 94 heavy (non-hydrogen) atoms. The monoisotopic (exact) mass is 1230 g/mol. The summed E-state index contributed by atoms with van der Waals surface area (Å²) in [6, 6.07) is 70.6. The predicted octanol–water partition coefficient (Wildman–Crippen LogP) is 23.8. The average Bonchev–Trinajstić information content (AvgIpc) is 1.02. The zero-order valence-electron chi connectivity index (χ0n) is 63.4. The van der Waals surface area contributed by atoms with Crippen LogP contribution in [0.1, 0.15) is 165 Å². The zero-order chi connectivity index (χ0) is 70.7. The van der Waals surface area contributed by atoms with E-state index in [2.05, 4.69) is 322 Å². The molecular formula is C90H91BN2O. The van der Waals surface area contributed by atoms with Crippen LogP contribution in [0.3, 0.4) is 0 Å². The van der Waals surface area contributed by atoms with E-state index >= 15 is 0 Å². The van der Waals surface area contributed by atoms with Crippen LogP contribution in [0.2, 0.25) is 0 Å². The number of hydrogen-bond donors (Lipinski definition) is 0. The highest BCUT2D eigenvalue weighted by molar-refractivity contribution is 7.00. The van der Waals surface area contributed by atoms with Gasteiger partial charge in [0.1, 0.15) is 5.58 Å². The van der Waals surface area contributed by atoms with Gasteiger partial charge in [-0.3, -0.25) is 0 Å². The molecule has 0 saturated heterocycles. The van der Waals surface area contributed by atoms with E-state index in [9.17, 15) is 2.74 Å². The minimum atomic E-state index is -0.478. The van der Waals surface area contributed by atoms with Crippen molar-refractivity contribution in [3.8, 4) is 55.6 Å². The molecule has 0 N–H and O–H groups in total. The minimum Gasteiger partial charge on any atom is -0.454 e. The van der Waals surface area contributed by atoms with Crippen LogP contribution >= 0.6 is 0 Å². The summed E-state index contributed by atoms with van der Waals surface area (Å²) in [5.74, 6) is 0. The first-order valence-corrected chi connectivity index (χ1v) is 33.7. The van der Waals surface area contributed by atoms with E-state index < -0.39 is 12.8 Å². The minimum absolute atomic E-state index is 0.147. The fourth-order valence-electron chi connectivity index (χ4n) is 14.3. The molecule has 1 aromatic heterocycles. The highest BCUT2D eigenvalue weighted by Crippen LogP contribution is 2.54. The average molecular weight is 1230 g/mol. The first-order chi connectivity index (χ1) is 46.5. The van der Waals surface area contributed by atoms with E-state index in [1.165, 1.54) is 27.8 Å². The maximum Gasteiger partial charge on any atom is 0.252 e. The van der Waals surface area contributed by atoms with Gasteiger partial charge >= 0.3 is 0 Å². The van der Waals surface area contributed by atoms with Crippen LogP contribution in [-0.4, -0.2) is 6.71 Å². The summed E-state index contributed by atoms with van der Waals surface area (Å²) in [5, 5.41) is 2.08. The van der Waals surface area contributed by atoms with Crippen LogP contribution in [0.5, 0.6) is 0 Å². The Balaban J connectivity index is 1.21. The van der Waals surface area contributed by atoms with Gasteiger partial charge in [-0.25, -0.2) is 0 Å². The van der Waals surface area contributed by atoms with Crippen molar-refractivity contribution >= 4 is 79.2 Å². The van der Waals surface area contributed by atoms with Gasteiger partial charge in [-0.1, -0.05) is 306 Å². The number of fused-ring (bicyclic) bond motifs is 7. The van der Waals surface area contributed by atoms with Crippen LogP contribution in [-0.2, 0) is 32.5 Å². The lowest BCUT2D eigenvalue weighted by molar-refractivity contribution is 0.568. The number of furan rings is 1. The summed E-state index contributed by atoms with van der Waals surface area (Å²) >= 11 is 0. The lowest BCUT2D eigenvalue weighted by Crippen LogP contribution is -2.61. The molecule has 0 spiro atoms. The van der Waals surface area contributed by atoms with Gasteiger partial charge < -0.3 is 14.2 Å². The Hall–Kier alpha value is -9.12. The van der Waals surface area contributed by atoms with Crippen molar-refractivity contribution in [2.75, 3.05) is 9.80 Å². The maximum atomic E-state index is 9.58. The molecule has 0 amide bonds. The number of para-hydroxylation sites is 2. The van der Waals surface area contributed by atoms with E-state index in [0.29, 0.717) is 5.56 Å². The standard InChI is InChI=1S/C90H91BN2O/c1-85(2,3)64-44-61(45-65(52-64)86(4,5)6)60-40-42-74-78(49-60)92(77-39-29-37-70-69-36-28-38-73(90(16,17)18)83(69)94-84(70)77)79-50-63(62-46-66(87(7,8)9)53-67(47-62)88(10,11)12)51-80-81(79)91(74)75-48-59(56-30-22-19-23-31-56)41-43-76(75)93(80)82-71(57-32-24-20-25-33-57)54-68(89(13,14)15)55-72(82)58-34-26-21-27-35-58/h19-55H,1-18H3/i19D,22D,23D,30D,31D. The third kappa shape index (κ3) is 11.0. The third-order valence-corrected chi connectivity index (χ3v) is 19.8. The SMILES string of the molecule is [2H]c1c([2H])c([2H])c(-c2ccc3c(c2)B2c4ccc(-c5cc(C(C)(C)C)cc(C(C)(C)C)c5)cc4N(c4cccc5c4oc4c(C(C)(C)C)cccc45)c4cc(-c5cc(C(C)(C)C)cc(C(C)(C)C)c5)cc(c42)N3c2c(-c3ccccc3)cc(C(C)(C)C)cc2-c2ccccc2)c([2H])c1[2H]. The van der Waals surface area contributed by atoms with E-state index in [1.807, 2.05) is 6.07 Å². The molecule has 11 aromatic carbocycles. The molecular weight excluding hydrogens is 1140 g/mol. The van der Waals surface area contributed by atoms with Crippen molar-refractivity contribution in [1.29, 1.82) is 0 Å². The van der Waals surface area contributed by atoms with Gasteiger partial charge in [-0.2, -0.15) is 0 Å². The molecule has 0 fully saturated rings. The fraction of sp³-hybridized carbons (Fsp3) is 0.267. The Labute approximate surface area is 567 Å². The molecule has 12 aromatic rings. The first kappa shape index (κ1) is 56.4. The predicted molar refractivity (Wildman–Crippen MR) is 407 cm³/mol. The summed E-state index contributed by atoms with van der Waals surface area (Å²) in [6.45, 7) is 40.8. The second-order valence-corrected chi connectivity index (χ2v) is 32.8. The van der Waals surface area contributed by atoms with E-state index in [-0.39, 0.29) is 62.2 Å². The van der Waals surface area contributed by atoms with Crippen molar-refractivity contribution in [1.82, 2.24) is 0 Å². The zero-order valence-corrected chi connectivity index (χ0v) is 58.4. The molecule has 4 heteroatoms. The molecule has 0 atom stereocenters. The highest BCUT2D eigenvalue weighted by atomic mass is 16.3. The topological polar surface area (TPSA) is 19.6 Å². The van der Waals surface area contributed by atoms with Gasteiger partial charge in [0.05, 0.1) is 18.2 Å². The summed E-state index contributed by atoms with van der Waals surface area (Å²) in [4.78, 5) is 5.04. The van der Waals surface area contributed by atoms with Crippen molar-refractivity contribution < 1.29 is 11.3 Å². The Morgan fingerprint density at radius 2 is 0.755 bits per heavy atom. The number of nitrogens with zero attached hydrogens (tertiary/aromatic N) is 2. The van der Waals surface area contributed by atoms with Gasteiger partial charge in [0.2, 0.25) is 0 Å². The maximum absolute atomic E-state index is 9.58. The molecule has 3 nitrogen and oxygen atoms in total. The molecule has 0 saturated carbocycles. The molecule has 0 aliphatic carbocycles. The number of hydrogen-bond acceptors (Lipinski definition) is 3. The van der Waals surface area contributed by atoms with Crippen LogP contribution < -0.4 is 26.2 Å². The Kier molecular flexibility index (Phi) is 13.4. The largest absolute Gasteiger partial charge is 0.454 e. The molecule has 14 rings (SSSR count). The van der Waals surface area contributed by atoms with Crippen molar-refractivity contribution in [3.05, 3.63) is 258 Å². The number of anilines is 6. The van der Waals surface area contributed by atoms with Crippen LogP contribution in [0.15, 0.2) is 229 Å². The van der Waals surface area contributed by atoms with Gasteiger partial charge in [0.15, 0.2) is 5.58 Å². The van der Waals surface area contributed by atoms with Crippen LogP contribution in [0.25, 0.3) is 77.6 Å². The Morgan fingerprint density at radius 3 is 1.28 bits per heavy atom. The second kappa shape index (κ2) is 22.3. The normalized spacial score (nSPS) is 14.3. The van der Waals surface area contributed by atoms with E-state index in [0.717, 1.165) is 123 Å². The molecule has 0 unspecified atom stereocenters. The quantitative estimate of drug-likeness (QED) is 0.148. The fourth-order valence-corrected chi connectivity index (χ4v) is 14.3. The molecule has 0 bridgehead atoms. The molecule has 470 valence electrons. The van der Waals surface area contributed by atoms with E-state index in [1.54, 1.807) is 0 Å².